The van der Waals surface area contributed by atoms with Crippen molar-refractivity contribution in [1.82, 2.24) is 0 Å². The normalized spacial score (nSPS) is 22.5. The van der Waals surface area contributed by atoms with Gasteiger partial charge >= 0.3 is 0 Å². The van der Waals surface area contributed by atoms with Crippen molar-refractivity contribution in [2.24, 2.45) is 23.7 Å². The van der Waals surface area contributed by atoms with Crippen LogP contribution in [-0.2, 0) is 4.74 Å². The third kappa shape index (κ3) is 2.77. The summed E-state index contributed by atoms with van der Waals surface area (Å²) in [6.45, 7) is 20.7. The minimum Gasteiger partial charge on any atom is -0.363 e. The molecule has 0 saturated heterocycles. The molecule has 1 rings (SSSR count). The van der Waals surface area contributed by atoms with Crippen LogP contribution in [0.4, 0.5) is 0 Å². The Labute approximate surface area is 120 Å². The molecule has 112 valence electrons. The van der Waals surface area contributed by atoms with Gasteiger partial charge in [0.1, 0.15) is 0 Å². The molecule has 1 nitrogen and oxygen atoms in total. The highest BCUT2D eigenvalue weighted by Crippen LogP contribution is 2.48. The van der Waals surface area contributed by atoms with Gasteiger partial charge in [0.2, 0.25) is 0 Å². The van der Waals surface area contributed by atoms with Crippen LogP contribution in [0.25, 0.3) is 0 Å². The van der Waals surface area contributed by atoms with Crippen molar-refractivity contribution in [3.8, 4) is 0 Å². The first-order valence-corrected chi connectivity index (χ1v) is 7.97. The van der Waals surface area contributed by atoms with Gasteiger partial charge in [-0.2, -0.15) is 0 Å². The van der Waals surface area contributed by atoms with Crippen LogP contribution < -0.4 is 0 Å². The molecule has 0 atom stereocenters. The summed E-state index contributed by atoms with van der Waals surface area (Å²) < 4.78 is 6.90. The van der Waals surface area contributed by atoms with Gasteiger partial charge in [-0.05, 0) is 37.0 Å². The largest absolute Gasteiger partial charge is 0.363 e. The number of hydrogen-bond acceptors (Lipinski definition) is 1. The van der Waals surface area contributed by atoms with Gasteiger partial charge in [0.05, 0.1) is 11.2 Å². The Bertz CT molecular complexity index is 318. The number of hydrogen-bond donors (Lipinski definition) is 0. The maximum Gasteiger partial charge on any atom is 0.0918 e. The van der Waals surface area contributed by atoms with E-state index in [9.17, 15) is 0 Å². The summed E-state index contributed by atoms with van der Waals surface area (Å²) in [4.78, 5) is 0. The van der Waals surface area contributed by atoms with Gasteiger partial charge in [-0.1, -0.05) is 67.0 Å². The molecule has 0 fully saturated rings. The fraction of sp³-hybridized carbons (Fsp3) is 0.889. The molecule has 0 radical (unpaired) electrons. The molecular formula is C18H34O. The van der Waals surface area contributed by atoms with E-state index in [1.807, 2.05) is 0 Å². The zero-order chi connectivity index (χ0) is 15.0. The summed E-state index contributed by atoms with van der Waals surface area (Å²) >= 11 is 0. The Balaban J connectivity index is 3.35. The Morgan fingerprint density at radius 1 is 0.842 bits per heavy atom. The summed E-state index contributed by atoms with van der Waals surface area (Å²) in [6, 6.07) is 0. The van der Waals surface area contributed by atoms with Crippen LogP contribution in [0.3, 0.4) is 0 Å². The van der Waals surface area contributed by atoms with Crippen molar-refractivity contribution >= 4 is 0 Å². The summed E-state index contributed by atoms with van der Waals surface area (Å²) in [5.74, 6) is 2.07. The Morgan fingerprint density at radius 3 is 1.58 bits per heavy atom. The molecule has 0 aliphatic carbocycles. The van der Waals surface area contributed by atoms with Crippen molar-refractivity contribution in [3.63, 3.8) is 0 Å². The smallest absolute Gasteiger partial charge is 0.0918 e. The molecule has 0 unspecified atom stereocenters. The lowest BCUT2D eigenvalue weighted by Gasteiger charge is -2.54. The zero-order valence-electron chi connectivity index (χ0n) is 14.5. The lowest BCUT2D eigenvalue weighted by Crippen LogP contribution is -2.57. The maximum atomic E-state index is 6.90. The van der Waals surface area contributed by atoms with Crippen molar-refractivity contribution in [3.05, 3.63) is 11.6 Å². The Kier molecular flexibility index (Phi) is 4.93. The van der Waals surface area contributed by atoms with E-state index >= 15 is 0 Å². The van der Waals surface area contributed by atoms with Crippen LogP contribution in [0.1, 0.15) is 68.7 Å². The SMILES string of the molecule is CC1=CC(C(C)C)(C(C)C)OC(C(C)C)(C(C)C)C1. The van der Waals surface area contributed by atoms with E-state index in [-0.39, 0.29) is 11.2 Å². The summed E-state index contributed by atoms with van der Waals surface area (Å²) in [5, 5.41) is 0. The molecule has 1 heteroatoms. The van der Waals surface area contributed by atoms with Crippen LogP contribution in [0.2, 0.25) is 0 Å². The monoisotopic (exact) mass is 266 g/mol. The molecule has 0 bridgehead atoms. The molecule has 1 aliphatic rings. The molecule has 1 aliphatic heterocycles. The molecule has 0 aromatic carbocycles. The quantitative estimate of drug-likeness (QED) is 0.614. The predicted molar refractivity (Wildman–Crippen MR) is 84.3 cm³/mol. The van der Waals surface area contributed by atoms with Crippen molar-refractivity contribution in [1.29, 1.82) is 0 Å². The Morgan fingerprint density at radius 2 is 1.26 bits per heavy atom. The van der Waals surface area contributed by atoms with Crippen molar-refractivity contribution < 1.29 is 4.74 Å². The van der Waals surface area contributed by atoms with E-state index in [4.69, 9.17) is 4.74 Å². The van der Waals surface area contributed by atoms with Crippen LogP contribution in [-0.4, -0.2) is 11.2 Å². The fourth-order valence-electron chi connectivity index (χ4n) is 3.81. The number of ether oxygens (including phenoxy) is 1. The van der Waals surface area contributed by atoms with Crippen molar-refractivity contribution in [2.75, 3.05) is 0 Å². The third-order valence-electron chi connectivity index (χ3n) is 5.15. The molecule has 1 heterocycles. The first-order valence-electron chi connectivity index (χ1n) is 7.97. The second-order valence-electron chi connectivity index (χ2n) is 7.70. The minimum absolute atomic E-state index is 0.0205. The summed E-state index contributed by atoms with van der Waals surface area (Å²) in [7, 11) is 0. The summed E-state index contributed by atoms with van der Waals surface area (Å²) in [5.41, 5.74) is 1.36. The Hall–Kier alpha value is -0.300. The molecule has 0 aromatic heterocycles. The third-order valence-corrected chi connectivity index (χ3v) is 5.15. The van der Waals surface area contributed by atoms with Gasteiger partial charge in [0.25, 0.3) is 0 Å². The number of rotatable bonds is 4. The van der Waals surface area contributed by atoms with Crippen molar-refractivity contribution in [2.45, 2.75) is 79.9 Å². The standard InChI is InChI=1S/C18H34O/c1-12(2)17(13(3)4)10-16(9)11-18(19-17,14(5)6)15(7)8/h10,12-15H,11H2,1-9H3. The van der Waals surface area contributed by atoms with Gasteiger partial charge in [0.15, 0.2) is 0 Å². The summed E-state index contributed by atoms with van der Waals surface area (Å²) in [6.07, 6.45) is 3.48. The molecular weight excluding hydrogens is 232 g/mol. The molecule has 0 spiro atoms. The topological polar surface area (TPSA) is 9.23 Å². The van der Waals surface area contributed by atoms with Gasteiger partial charge in [-0.15, -0.1) is 0 Å². The average Bonchev–Trinajstić information content (AvgIpc) is 2.26. The van der Waals surface area contributed by atoms with E-state index in [1.54, 1.807) is 0 Å². The minimum atomic E-state index is -0.114. The first-order chi connectivity index (χ1) is 8.58. The molecule has 0 amide bonds. The second-order valence-corrected chi connectivity index (χ2v) is 7.70. The molecule has 19 heavy (non-hydrogen) atoms. The first kappa shape index (κ1) is 16.8. The van der Waals surface area contributed by atoms with E-state index < -0.39 is 0 Å². The molecule has 0 N–H and O–H groups in total. The predicted octanol–water partition coefficient (Wildman–Crippen LogP) is 5.45. The lowest BCUT2D eigenvalue weighted by atomic mass is 9.69. The van der Waals surface area contributed by atoms with Gasteiger partial charge in [-0.25, -0.2) is 0 Å². The van der Waals surface area contributed by atoms with Gasteiger partial charge in [0, 0.05) is 0 Å². The molecule has 0 saturated carbocycles. The van der Waals surface area contributed by atoms with E-state index in [1.165, 1.54) is 5.57 Å². The van der Waals surface area contributed by atoms with Crippen LogP contribution in [0.15, 0.2) is 11.6 Å². The van der Waals surface area contributed by atoms with E-state index in [2.05, 4.69) is 68.4 Å². The van der Waals surface area contributed by atoms with Crippen LogP contribution in [0.5, 0.6) is 0 Å². The molecule has 0 aromatic rings. The average molecular weight is 266 g/mol. The highest BCUT2D eigenvalue weighted by molar-refractivity contribution is 5.21. The van der Waals surface area contributed by atoms with Crippen LogP contribution in [0, 0.1) is 23.7 Å². The van der Waals surface area contributed by atoms with Crippen LogP contribution >= 0.6 is 0 Å². The second kappa shape index (κ2) is 5.60. The van der Waals surface area contributed by atoms with E-state index in [0.29, 0.717) is 23.7 Å². The highest BCUT2D eigenvalue weighted by atomic mass is 16.5. The fourth-order valence-corrected chi connectivity index (χ4v) is 3.81. The lowest BCUT2D eigenvalue weighted by molar-refractivity contribution is -0.218. The maximum absolute atomic E-state index is 6.90. The zero-order valence-corrected chi connectivity index (χ0v) is 14.5. The highest BCUT2D eigenvalue weighted by Gasteiger charge is 2.50. The van der Waals surface area contributed by atoms with Gasteiger partial charge in [-0.3, -0.25) is 0 Å². The van der Waals surface area contributed by atoms with E-state index in [0.717, 1.165) is 6.42 Å². The van der Waals surface area contributed by atoms with Gasteiger partial charge < -0.3 is 4.74 Å².